The molecule has 1 aliphatic heterocycles. The summed E-state index contributed by atoms with van der Waals surface area (Å²) >= 11 is 3.69. The third kappa shape index (κ3) is 3.34. The van der Waals surface area contributed by atoms with Crippen LogP contribution in [0.2, 0.25) is 0 Å². The van der Waals surface area contributed by atoms with E-state index in [4.69, 9.17) is 5.26 Å². The van der Waals surface area contributed by atoms with E-state index in [1.165, 1.54) is 11.3 Å². The van der Waals surface area contributed by atoms with E-state index in [1.54, 1.807) is 0 Å². The average Bonchev–Trinajstić information content (AvgIpc) is 2.51. The molecule has 0 radical (unpaired) electrons. The van der Waals surface area contributed by atoms with Crippen LogP contribution in [0.5, 0.6) is 0 Å². The van der Waals surface area contributed by atoms with Gasteiger partial charge in [-0.25, -0.2) is 0 Å². The number of benzene rings is 1. The second-order valence-electron chi connectivity index (χ2n) is 5.78. The van der Waals surface area contributed by atoms with E-state index < -0.39 is 0 Å². The maximum atomic E-state index is 9.15. The highest BCUT2D eigenvalue weighted by Gasteiger charge is 2.29. The number of hydrogen-bond acceptors (Lipinski definition) is 3. The third-order valence-corrected chi connectivity index (χ3v) is 4.66. The molecule has 1 saturated heterocycles. The molecule has 20 heavy (non-hydrogen) atoms. The maximum absolute atomic E-state index is 9.15. The Hall–Kier alpha value is -1.05. The summed E-state index contributed by atoms with van der Waals surface area (Å²) in [4.78, 5) is 4.76. The molecular weight excluding hydrogens is 314 g/mol. The van der Waals surface area contributed by atoms with Gasteiger partial charge in [0.1, 0.15) is 0 Å². The lowest BCUT2D eigenvalue weighted by Crippen LogP contribution is -2.44. The van der Waals surface area contributed by atoms with E-state index in [2.05, 4.69) is 70.9 Å². The predicted octanol–water partition coefficient (Wildman–Crippen LogP) is 3.57. The first-order valence-corrected chi connectivity index (χ1v) is 7.92. The molecule has 0 aliphatic carbocycles. The second kappa shape index (κ2) is 6.60. The molecule has 1 aromatic rings. The molecule has 3 nitrogen and oxygen atoms in total. The Balaban J connectivity index is 2.39. The molecule has 0 amide bonds. The molecule has 1 aromatic carbocycles. The Morgan fingerprint density at radius 3 is 2.85 bits per heavy atom. The van der Waals surface area contributed by atoms with E-state index in [0.717, 1.165) is 24.0 Å². The van der Waals surface area contributed by atoms with Crippen LogP contribution >= 0.6 is 15.9 Å². The zero-order valence-corrected chi connectivity index (χ0v) is 14.0. The molecule has 2 unspecified atom stereocenters. The molecule has 0 aromatic heterocycles. The fraction of sp³-hybridized carbons (Fsp3) is 0.562. The molecule has 4 heteroatoms. The Kier molecular flexibility index (Phi) is 5.06. The number of nitriles is 1. The van der Waals surface area contributed by atoms with Crippen molar-refractivity contribution in [2.75, 3.05) is 25.0 Å². The number of halogens is 1. The predicted molar refractivity (Wildman–Crippen MR) is 87.0 cm³/mol. The summed E-state index contributed by atoms with van der Waals surface area (Å²) in [6.07, 6.45) is 1.69. The van der Waals surface area contributed by atoms with Crippen molar-refractivity contribution in [3.63, 3.8) is 0 Å². The van der Waals surface area contributed by atoms with Gasteiger partial charge in [-0.2, -0.15) is 5.26 Å². The minimum atomic E-state index is 0.251. The van der Waals surface area contributed by atoms with Crippen LogP contribution in [0, 0.1) is 18.3 Å². The summed E-state index contributed by atoms with van der Waals surface area (Å²) in [6, 6.07) is 9.52. The molecular formula is C16H22BrN3. The summed E-state index contributed by atoms with van der Waals surface area (Å²) < 4.78 is 1.12. The number of anilines is 1. The fourth-order valence-corrected chi connectivity index (χ4v) is 3.67. The lowest BCUT2D eigenvalue weighted by molar-refractivity contribution is 0.331. The van der Waals surface area contributed by atoms with Gasteiger partial charge in [0.25, 0.3) is 0 Å². The summed E-state index contributed by atoms with van der Waals surface area (Å²) in [7, 11) is 2.14. The van der Waals surface area contributed by atoms with Crippen LogP contribution < -0.4 is 4.90 Å². The highest BCUT2D eigenvalue weighted by molar-refractivity contribution is 9.10. The van der Waals surface area contributed by atoms with Crippen molar-refractivity contribution < 1.29 is 0 Å². The minimum absolute atomic E-state index is 0.251. The summed E-state index contributed by atoms with van der Waals surface area (Å²) in [6.45, 7) is 6.39. The average molecular weight is 336 g/mol. The zero-order chi connectivity index (χ0) is 14.7. The van der Waals surface area contributed by atoms with Crippen LogP contribution in [0.25, 0.3) is 0 Å². The molecule has 0 N–H and O–H groups in total. The first-order chi connectivity index (χ1) is 9.52. The van der Waals surface area contributed by atoms with Crippen LogP contribution in [0.4, 0.5) is 5.69 Å². The van der Waals surface area contributed by atoms with Gasteiger partial charge in [-0.3, -0.25) is 0 Å². The van der Waals surface area contributed by atoms with Crippen LogP contribution in [-0.4, -0.2) is 37.1 Å². The van der Waals surface area contributed by atoms with Crippen LogP contribution in [0.15, 0.2) is 22.7 Å². The molecule has 0 spiro atoms. The van der Waals surface area contributed by atoms with Crippen molar-refractivity contribution >= 4 is 21.6 Å². The lowest BCUT2D eigenvalue weighted by Gasteiger charge is -2.36. The summed E-state index contributed by atoms with van der Waals surface area (Å²) in [5.74, 6) is 0. The quantitative estimate of drug-likeness (QED) is 0.827. The van der Waals surface area contributed by atoms with Crippen molar-refractivity contribution in [2.24, 2.45) is 0 Å². The van der Waals surface area contributed by atoms with Gasteiger partial charge < -0.3 is 9.80 Å². The van der Waals surface area contributed by atoms with Gasteiger partial charge in [-0.1, -0.05) is 6.07 Å². The minimum Gasteiger partial charge on any atom is -0.363 e. The standard InChI is InChI=1S/C16H22BrN3/c1-12-4-5-16(15(17)10-12)20-13(2)7-9-19(3)11-14(20)6-8-18/h4-5,10,13-14H,6-7,9,11H2,1-3H3. The molecule has 0 bridgehead atoms. The summed E-state index contributed by atoms with van der Waals surface area (Å²) in [5, 5.41) is 9.15. The molecule has 108 valence electrons. The summed E-state index contributed by atoms with van der Waals surface area (Å²) in [5.41, 5.74) is 2.45. The Morgan fingerprint density at radius 2 is 2.20 bits per heavy atom. The van der Waals surface area contributed by atoms with Crippen LogP contribution in [0.1, 0.15) is 25.3 Å². The zero-order valence-electron chi connectivity index (χ0n) is 12.4. The Morgan fingerprint density at radius 1 is 1.45 bits per heavy atom. The number of rotatable bonds is 2. The topological polar surface area (TPSA) is 30.3 Å². The van der Waals surface area contributed by atoms with Gasteiger partial charge >= 0.3 is 0 Å². The third-order valence-electron chi connectivity index (χ3n) is 4.03. The molecule has 1 heterocycles. The molecule has 1 aliphatic rings. The maximum Gasteiger partial charge on any atom is 0.0643 e. The second-order valence-corrected chi connectivity index (χ2v) is 6.63. The fourth-order valence-electron chi connectivity index (χ4n) is 2.97. The van der Waals surface area contributed by atoms with Gasteiger partial charge in [0.05, 0.1) is 24.2 Å². The normalized spacial score (nSPS) is 24.2. The largest absolute Gasteiger partial charge is 0.363 e. The monoisotopic (exact) mass is 335 g/mol. The van der Waals surface area contributed by atoms with Gasteiger partial charge in [-0.15, -0.1) is 0 Å². The number of likely N-dealkylation sites (N-methyl/N-ethyl adjacent to an activating group) is 1. The van der Waals surface area contributed by atoms with Crippen molar-refractivity contribution in [1.29, 1.82) is 5.26 Å². The number of aryl methyl sites for hydroxylation is 1. The van der Waals surface area contributed by atoms with E-state index >= 15 is 0 Å². The highest BCUT2D eigenvalue weighted by atomic mass is 79.9. The van der Waals surface area contributed by atoms with E-state index in [-0.39, 0.29) is 6.04 Å². The van der Waals surface area contributed by atoms with E-state index in [9.17, 15) is 0 Å². The van der Waals surface area contributed by atoms with Crippen LogP contribution in [0.3, 0.4) is 0 Å². The van der Waals surface area contributed by atoms with E-state index in [1.807, 2.05) is 0 Å². The van der Waals surface area contributed by atoms with Crippen LogP contribution in [-0.2, 0) is 0 Å². The van der Waals surface area contributed by atoms with Gasteiger partial charge in [0.2, 0.25) is 0 Å². The van der Waals surface area contributed by atoms with Gasteiger partial charge in [0, 0.05) is 17.1 Å². The number of hydrogen-bond donors (Lipinski definition) is 0. The van der Waals surface area contributed by atoms with Crippen molar-refractivity contribution in [2.45, 2.75) is 38.8 Å². The smallest absolute Gasteiger partial charge is 0.0643 e. The number of nitrogens with zero attached hydrogens (tertiary/aromatic N) is 3. The van der Waals surface area contributed by atoms with Gasteiger partial charge in [0.15, 0.2) is 0 Å². The SMILES string of the molecule is Cc1ccc(N2C(C)CCN(C)CC2CC#N)c(Br)c1. The van der Waals surface area contributed by atoms with Crippen molar-refractivity contribution in [1.82, 2.24) is 4.90 Å². The molecule has 2 atom stereocenters. The molecule has 0 saturated carbocycles. The molecule has 2 rings (SSSR count). The van der Waals surface area contributed by atoms with Crippen molar-refractivity contribution in [3.8, 4) is 6.07 Å². The molecule has 1 fully saturated rings. The van der Waals surface area contributed by atoms with Gasteiger partial charge in [-0.05, 0) is 67.5 Å². The lowest BCUT2D eigenvalue weighted by atomic mass is 10.1. The Labute approximate surface area is 130 Å². The Bertz CT molecular complexity index is 509. The van der Waals surface area contributed by atoms with E-state index in [0.29, 0.717) is 12.5 Å². The first-order valence-electron chi connectivity index (χ1n) is 7.13. The first kappa shape index (κ1) is 15.3. The van der Waals surface area contributed by atoms with Crippen molar-refractivity contribution in [3.05, 3.63) is 28.2 Å². The highest BCUT2D eigenvalue weighted by Crippen LogP contribution is 2.33.